The number of piperazine rings is 1. The number of benzene rings is 1. The van der Waals surface area contributed by atoms with E-state index in [0.717, 1.165) is 37.4 Å². The zero-order valence-electron chi connectivity index (χ0n) is 19.4. The summed E-state index contributed by atoms with van der Waals surface area (Å²) in [6.07, 6.45) is 10.2. The monoisotopic (exact) mass is 456 g/mol. The lowest BCUT2D eigenvalue weighted by Gasteiger charge is -2.29. The van der Waals surface area contributed by atoms with Gasteiger partial charge in [0.05, 0.1) is 18.1 Å². The lowest BCUT2D eigenvalue weighted by Crippen LogP contribution is -2.43. The number of aromatic nitrogens is 3. The zero-order valence-corrected chi connectivity index (χ0v) is 19.4. The first-order chi connectivity index (χ1) is 16.6. The maximum atomic E-state index is 14.9. The van der Waals surface area contributed by atoms with Crippen LogP contribution in [-0.4, -0.2) is 41.1 Å². The minimum atomic E-state index is -0.421. The Morgan fingerprint density at radius 3 is 2.62 bits per heavy atom. The normalized spacial score (nSPS) is 18.8. The van der Waals surface area contributed by atoms with Gasteiger partial charge in [-0.2, -0.15) is 0 Å². The second-order valence-electron chi connectivity index (χ2n) is 9.57. The number of nitrogens with one attached hydrogen (secondary N) is 2. The maximum absolute atomic E-state index is 14.9. The van der Waals surface area contributed by atoms with Crippen LogP contribution >= 0.6 is 0 Å². The third-order valence-electron chi connectivity index (χ3n) is 7.64. The molecule has 3 aliphatic rings. The lowest BCUT2D eigenvalue weighted by atomic mass is 9.76. The van der Waals surface area contributed by atoms with Crippen LogP contribution in [-0.2, 0) is 5.41 Å². The average Bonchev–Trinajstić information content (AvgIpc) is 3.47. The van der Waals surface area contributed by atoms with Gasteiger partial charge in [-0.1, -0.05) is 36.6 Å². The van der Waals surface area contributed by atoms with E-state index in [1.54, 1.807) is 0 Å². The first-order valence-corrected chi connectivity index (χ1v) is 12.2. The molecular weight excluding hydrogens is 427 g/mol. The van der Waals surface area contributed by atoms with Gasteiger partial charge in [-0.15, -0.1) is 0 Å². The third kappa shape index (κ3) is 3.64. The average molecular weight is 457 g/mol. The Labute approximate surface area is 199 Å². The van der Waals surface area contributed by atoms with E-state index in [4.69, 9.17) is 0 Å². The molecule has 1 aromatic carbocycles. The van der Waals surface area contributed by atoms with E-state index in [0.29, 0.717) is 17.5 Å². The molecule has 2 N–H and O–H groups in total. The number of allylic oxidation sites excluding steroid dienone is 1. The fourth-order valence-corrected chi connectivity index (χ4v) is 5.78. The molecule has 2 fully saturated rings. The van der Waals surface area contributed by atoms with E-state index in [1.165, 1.54) is 48.6 Å². The molecule has 6 rings (SSSR count). The molecule has 1 aliphatic heterocycles. The summed E-state index contributed by atoms with van der Waals surface area (Å²) in [5, 5.41) is 6.50. The largest absolute Gasteiger partial charge is 0.368 e. The molecular formula is C27H29FN6. The minimum Gasteiger partial charge on any atom is -0.368 e. The molecule has 0 unspecified atom stereocenters. The van der Waals surface area contributed by atoms with Crippen molar-refractivity contribution in [3.8, 4) is 11.3 Å². The standard InChI is InChI=1S/C27H29FN6/c1-18-14-19-4-5-20(15-22(19)27(18)8-2-3-9-27)25-23(28)17-31-26(33-25)32-24-7-6-21(16-30-24)34-12-10-29-11-13-34/h4-7,14-17,29H,2-3,8-13H2,1H3,(H,30,31,32,33). The molecule has 1 saturated heterocycles. The molecule has 34 heavy (non-hydrogen) atoms. The van der Waals surface area contributed by atoms with Crippen molar-refractivity contribution >= 4 is 23.5 Å². The van der Waals surface area contributed by atoms with E-state index in [-0.39, 0.29) is 5.41 Å². The lowest BCUT2D eigenvalue weighted by molar-refractivity contribution is 0.534. The third-order valence-corrected chi connectivity index (χ3v) is 7.64. The van der Waals surface area contributed by atoms with Gasteiger partial charge in [0.1, 0.15) is 11.5 Å². The highest BCUT2D eigenvalue weighted by Gasteiger charge is 2.41. The molecule has 1 saturated carbocycles. The van der Waals surface area contributed by atoms with E-state index in [9.17, 15) is 4.39 Å². The Balaban J connectivity index is 1.26. The maximum Gasteiger partial charge on any atom is 0.229 e. The van der Waals surface area contributed by atoms with Gasteiger partial charge in [0.25, 0.3) is 0 Å². The number of hydrogen-bond acceptors (Lipinski definition) is 6. The molecule has 0 amide bonds. The van der Waals surface area contributed by atoms with Gasteiger partial charge < -0.3 is 15.5 Å². The minimum absolute atomic E-state index is 0.117. The Bertz CT molecular complexity index is 1240. The highest BCUT2D eigenvalue weighted by atomic mass is 19.1. The van der Waals surface area contributed by atoms with Crippen LogP contribution in [0.2, 0.25) is 0 Å². The highest BCUT2D eigenvalue weighted by molar-refractivity contribution is 5.74. The molecule has 3 heterocycles. The molecule has 2 aromatic heterocycles. The van der Waals surface area contributed by atoms with Gasteiger partial charge >= 0.3 is 0 Å². The SMILES string of the molecule is CC1=Cc2ccc(-c3nc(Nc4ccc(N5CCNCC5)cn4)ncc3F)cc2C12CCCC2. The summed E-state index contributed by atoms with van der Waals surface area (Å²) >= 11 is 0. The van der Waals surface area contributed by atoms with Gasteiger partial charge in [-0.3, -0.25) is 0 Å². The molecule has 6 nitrogen and oxygen atoms in total. The van der Waals surface area contributed by atoms with Crippen molar-refractivity contribution < 1.29 is 4.39 Å². The fraction of sp³-hybridized carbons (Fsp3) is 0.370. The first-order valence-electron chi connectivity index (χ1n) is 12.2. The van der Waals surface area contributed by atoms with E-state index in [2.05, 4.69) is 55.6 Å². The first kappa shape index (κ1) is 21.2. The van der Waals surface area contributed by atoms with Crippen molar-refractivity contribution in [1.29, 1.82) is 0 Å². The summed E-state index contributed by atoms with van der Waals surface area (Å²) in [5.41, 5.74) is 6.32. The van der Waals surface area contributed by atoms with Gasteiger partial charge in [-0.05, 0) is 49.1 Å². The summed E-state index contributed by atoms with van der Waals surface area (Å²) in [7, 11) is 0. The second-order valence-corrected chi connectivity index (χ2v) is 9.57. The summed E-state index contributed by atoms with van der Waals surface area (Å²) in [4.78, 5) is 15.5. The number of nitrogens with zero attached hydrogens (tertiary/aromatic N) is 4. The predicted octanol–water partition coefficient (Wildman–Crippen LogP) is 5.06. The Hall–Kier alpha value is -3.32. The summed E-state index contributed by atoms with van der Waals surface area (Å²) in [6, 6.07) is 10.2. The van der Waals surface area contributed by atoms with Crippen molar-refractivity contribution in [3.63, 3.8) is 0 Å². The highest BCUT2D eigenvalue weighted by Crippen LogP contribution is 2.52. The van der Waals surface area contributed by atoms with Crippen molar-refractivity contribution in [2.24, 2.45) is 0 Å². The molecule has 7 heteroatoms. The second kappa shape index (κ2) is 8.47. The molecule has 0 bridgehead atoms. The van der Waals surface area contributed by atoms with Gasteiger partial charge in [-0.25, -0.2) is 19.3 Å². The number of fused-ring (bicyclic) bond motifs is 2. The van der Waals surface area contributed by atoms with Crippen LogP contribution in [0.4, 0.5) is 21.8 Å². The Kier molecular flexibility index (Phi) is 5.29. The topological polar surface area (TPSA) is 66.0 Å². The van der Waals surface area contributed by atoms with Crippen molar-refractivity contribution in [2.75, 3.05) is 36.4 Å². The van der Waals surface area contributed by atoms with Gasteiger partial charge in [0, 0.05) is 37.2 Å². The van der Waals surface area contributed by atoms with Crippen molar-refractivity contribution in [1.82, 2.24) is 20.3 Å². The van der Waals surface area contributed by atoms with E-state index >= 15 is 0 Å². The summed E-state index contributed by atoms with van der Waals surface area (Å²) in [6.45, 7) is 6.13. The molecule has 2 aliphatic carbocycles. The predicted molar refractivity (Wildman–Crippen MR) is 134 cm³/mol. The van der Waals surface area contributed by atoms with Crippen molar-refractivity contribution in [3.05, 3.63) is 65.2 Å². The molecule has 0 radical (unpaired) electrons. The number of pyridine rings is 1. The Morgan fingerprint density at radius 1 is 1.03 bits per heavy atom. The van der Waals surface area contributed by atoms with Crippen LogP contribution < -0.4 is 15.5 Å². The van der Waals surface area contributed by atoms with Crippen LogP contribution in [0, 0.1) is 5.82 Å². The quantitative estimate of drug-likeness (QED) is 0.572. The molecule has 3 aromatic rings. The number of rotatable bonds is 4. The molecule has 1 spiro atoms. The van der Waals surface area contributed by atoms with E-state index < -0.39 is 5.82 Å². The van der Waals surface area contributed by atoms with Gasteiger partial charge in [0.2, 0.25) is 5.95 Å². The summed E-state index contributed by atoms with van der Waals surface area (Å²) < 4.78 is 14.9. The fourth-order valence-electron chi connectivity index (χ4n) is 5.78. The summed E-state index contributed by atoms with van der Waals surface area (Å²) in [5.74, 6) is 0.551. The van der Waals surface area contributed by atoms with Crippen LogP contribution in [0.25, 0.3) is 17.3 Å². The van der Waals surface area contributed by atoms with Crippen LogP contribution in [0.1, 0.15) is 43.7 Å². The van der Waals surface area contributed by atoms with E-state index in [1.807, 2.05) is 24.4 Å². The van der Waals surface area contributed by atoms with Crippen LogP contribution in [0.15, 0.2) is 48.3 Å². The van der Waals surface area contributed by atoms with Crippen molar-refractivity contribution in [2.45, 2.75) is 38.0 Å². The number of anilines is 3. The smallest absolute Gasteiger partial charge is 0.229 e. The number of hydrogen-bond donors (Lipinski definition) is 2. The molecule has 174 valence electrons. The molecule has 0 atom stereocenters. The zero-order chi connectivity index (χ0) is 23.1. The Morgan fingerprint density at radius 2 is 1.85 bits per heavy atom. The number of halogens is 1. The van der Waals surface area contributed by atoms with Crippen LogP contribution in [0.3, 0.4) is 0 Å². The van der Waals surface area contributed by atoms with Gasteiger partial charge in [0.15, 0.2) is 5.82 Å². The van der Waals surface area contributed by atoms with Crippen LogP contribution in [0.5, 0.6) is 0 Å².